The summed E-state index contributed by atoms with van der Waals surface area (Å²) in [5, 5.41) is 8.12. The third-order valence-electron chi connectivity index (χ3n) is 3.62. The van der Waals surface area contributed by atoms with E-state index in [0.29, 0.717) is 12.0 Å². The molecular weight excluding hydrogens is 248 g/mol. The zero-order chi connectivity index (χ0) is 14.5. The Labute approximate surface area is 121 Å². The largest absolute Gasteiger partial charge is 0.366 e. The maximum atomic E-state index is 4.59. The molecule has 0 aromatic carbocycles. The van der Waals surface area contributed by atoms with E-state index in [4.69, 9.17) is 0 Å². The molecule has 2 rings (SSSR count). The molecule has 20 heavy (non-hydrogen) atoms. The van der Waals surface area contributed by atoms with E-state index in [9.17, 15) is 0 Å². The van der Waals surface area contributed by atoms with Gasteiger partial charge >= 0.3 is 0 Å². The molecule has 0 aliphatic carbocycles. The van der Waals surface area contributed by atoms with Crippen LogP contribution in [0.4, 0.5) is 5.82 Å². The molecule has 1 unspecified atom stereocenters. The van der Waals surface area contributed by atoms with Gasteiger partial charge in [-0.3, -0.25) is 0 Å². The number of fused-ring (bicyclic) bond motifs is 1. The summed E-state index contributed by atoms with van der Waals surface area (Å²) < 4.78 is 1.92. The minimum Gasteiger partial charge on any atom is -0.366 e. The monoisotopic (exact) mass is 274 g/mol. The highest BCUT2D eigenvalue weighted by Crippen LogP contribution is 2.21. The van der Waals surface area contributed by atoms with Crippen molar-refractivity contribution in [2.45, 2.75) is 65.3 Å². The van der Waals surface area contributed by atoms with Crippen LogP contribution in [0.15, 0.2) is 18.5 Å². The molecule has 2 aromatic rings. The lowest BCUT2D eigenvalue weighted by Crippen LogP contribution is -2.16. The topological polar surface area (TPSA) is 42.2 Å². The highest BCUT2D eigenvalue weighted by atomic mass is 15.2. The van der Waals surface area contributed by atoms with Gasteiger partial charge in [0.2, 0.25) is 0 Å². The van der Waals surface area contributed by atoms with E-state index in [-0.39, 0.29) is 0 Å². The summed E-state index contributed by atoms with van der Waals surface area (Å²) in [4.78, 5) is 4.48. The lowest BCUT2D eigenvalue weighted by molar-refractivity contribution is 0.614. The van der Waals surface area contributed by atoms with Crippen molar-refractivity contribution in [2.75, 3.05) is 5.32 Å². The Bertz CT molecular complexity index is 544. The SMILES string of the molecule is CCCCCC(C)Nc1nccn2nc(C(C)C)cc12. The fraction of sp³-hybridized carbons (Fsp3) is 0.625. The highest BCUT2D eigenvalue weighted by Gasteiger charge is 2.11. The van der Waals surface area contributed by atoms with Crippen molar-refractivity contribution >= 4 is 11.3 Å². The Kier molecular flexibility index (Phi) is 4.99. The van der Waals surface area contributed by atoms with Crippen molar-refractivity contribution in [1.29, 1.82) is 0 Å². The van der Waals surface area contributed by atoms with Crippen LogP contribution >= 0.6 is 0 Å². The van der Waals surface area contributed by atoms with E-state index in [1.54, 1.807) is 0 Å². The summed E-state index contributed by atoms with van der Waals surface area (Å²) in [5.41, 5.74) is 2.18. The normalized spacial score (nSPS) is 13.1. The predicted molar refractivity (Wildman–Crippen MR) is 84.3 cm³/mol. The van der Waals surface area contributed by atoms with Crippen LogP contribution in [-0.2, 0) is 0 Å². The molecule has 0 aliphatic heterocycles. The van der Waals surface area contributed by atoms with E-state index >= 15 is 0 Å². The first-order valence-electron chi connectivity index (χ1n) is 7.72. The van der Waals surface area contributed by atoms with Gasteiger partial charge in [-0.15, -0.1) is 0 Å². The Balaban J connectivity index is 2.13. The number of unbranched alkanes of at least 4 members (excludes halogenated alkanes) is 2. The van der Waals surface area contributed by atoms with Crippen LogP contribution in [0.1, 0.15) is 65.0 Å². The molecular formula is C16H26N4. The molecule has 0 amide bonds. The smallest absolute Gasteiger partial charge is 0.152 e. The summed E-state index contributed by atoms with van der Waals surface area (Å²) in [6, 6.07) is 2.58. The zero-order valence-electron chi connectivity index (χ0n) is 13.1. The van der Waals surface area contributed by atoms with E-state index in [1.165, 1.54) is 25.7 Å². The molecule has 0 spiro atoms. The molecule has 0 aliphatic rings. The summed E-state index contributed by atoms with van der Waals surface area (Å²) in [5.74, 6) is 1.38. The van der Waals surface area contributed by atoms with Gasteiger partial charge in [0, 0.05) is 18.4 Å². The van der Waals surface area contributed by atoms with Gasteiger partial charge < -0.3 is 5.32 Å². The van der Waals surface area contributed by atoms with Gasteiger partial charge in [-0.25, -0.2) is 9.50 Å². The van der Waals surface area contributed by atoms with Crippen LogP contribution < -0.4 is 5.32 Å². The summed E-state index contributed by atoms with van der Waals surface area (Å²) in [7, 11) is 0. The molecule has 1 N–H and O–H groups in total. The first-order valence-corrected chi connectivity index (χ1v) is 7.72. The average Bonchev–Trinajstić information content (AvgIpc) is 2.84. The van der Waals surface area contributed by atoms with Crippen LogP contribution in [-0.4, -0.2) is 20.6 Å². The first kappa shape index (κ1) is 14.8. The van der Waals surface area contributed by atoms with Crippen LogP contribution in [0.25, 0.3) is 5.52 Å². The highest BCUT2D eigenvalue weighted by molar-refractivity contribution is 5.68. The van der Waals surface area contributed by atoms with E-state index < -0.39 is 0 Å². The minimum absolute atomic E-state index is 0.435. The molecule has 110 valence electrons. The summed E-state index contributed by atoms with van der Waals surface area (Å²) in [6.07, 6.45) is 8.74. The molecule has 0 fully saturated rings. The van der Waals surface area contributed by atoms with Gasteiger partial charge in [-0.05, 0) is 25.3 Å². The predicted octanol–water partition coefficient (Wildman–Crippen LogP) is 4.23. The van der Waals surface area contributed by atoms with Crippen LogP contribution in [0.5, 0.6) is 0 Å². The molecule has 0 bridgehead atoms. The number of anilines is 1. The van der Waals surface area contributed by atoms with Gasteiger partial charge in [-0.1, -0.05) is 40.0 Å². The van der Waals surface area contributed by atoms with Gasteiger partial charge in [0.1, 0.15) is 5.52 Å². The molecule has 2 heterocycles. The fourth-order valence-corrected chi connectivity index (χ4v) is 2.34. The zero-order valence-corrected chi connectivity index (χ0v) is 13.1. The first-order chi connectivity index (χ1) is 9.61. The van der Waals surface area contributed by atoms with Gasteiger partial charge in [0.15, 0.2) is 5.82 Å². The second-order valence-electron chi connectivity index (χ2n) is 5.87. The van der Waals surface area contributed by atoms with Crippen LogP contribution in [0.2, 0.25) is 0 Å². The second-order valence-corrected chi connectivity index (χ2v) is 5.87. The van der Waals surface area contributed by atoms with Gasteiger partial charge in [0.25, 0.3) is 0 Å². The van der Waals surface area contributed by atoms with E-state index in [2.05, 4.69) is 49.2 Å². The lowest BCUT2D eigenvalue weighted by Gasteiger charge is -2.14. The number of rotatable bonds is 7. The molecule has 4 nitrogen and oxygen atoms in total. The Morgan fingerprint density at radius 3 is 2.75 bits per heavy atom. The van der Waals surface area contributed by atoms with Crippen molar-refractivity contribution in [1.82, 2.24) is 14.6 Å². The van der Waals surface area contributed by atoms with Crippen molar-refractivity contribution < 1.29 is 0 Å². The van der Waals surface area contributed by atoms with Crippen molar-refractivity contribution in [2.24, 2.45) is 0 Å². The molecule has 0 radical (unpaired) electrons. The van der Waals surface area contributed by atoms with E-state index in [1.807, 2.05) is 16.9 Å². The molecule has 1 atom stereocenters. The van der Waals surface area contributed by atoms with Crippen LogP contribution in [0, 0.1) is 0 Å². The number of nitrogens with one attached hydrogen (secondary N) is 1. The van der Waals surface area contributed by atoms with Gasteiger partial charge in [-0.2, -0.15) is 5.10 Å². The van der Waals surface area contributed by atoms with Crippen molar-refractivity contribution in [3.05, 3.63) is 24.2 Å². The quantitative estimate of drug-likeness (QED) is 0.768. The third-order valence-corrected chi connectivity index (χ3v) is 3.62. The van der Waals surface area contributed by atoms with Gasteiger partial charge in [0.05, 0.1) is 5.69 Å². The third kappa shape index (κ3) is 3.50. The van der Waals surface area contributed by atoms with Crippen molar-refractivity contribution in [3.8, 4) is 0 Å². The molecule has 2 aromatic heterocycles. The molecule has 0 saturated carbocycles. The summed E-state index contributed by atoms with van der Waals surface area (Å²) >= 11 is 0. The van der Waals surface area contributed by atoms with Crippen LogP contribution in [0.3, 0.4) is 0 Å². The number of nitrogens with zero attached hydrogens (tertiary/aromatic N) is 3. The molecule has 4 heteroatoms. The summed E-state index contributed by atoms with van der Waals surface area (Å²) in [6.45, 7) is 8.78. The second kappa shape index (κ2) is 6.73. The molecule has 0 saturated heterocycles. The number of hydrogen-bond acceptors (Lipinski definition) is 3. The Morgan fingerprint density at radius 2 is 2.05 bits per heavy atom. The fourth-order valence-electron chi connectivity index (χ4n) is 2.34. The number of hydrogen-bond donors (Lipinski definition) is 1. The minimum atomic E-state index is 0.435. The standard InChI is InChI=1S/C16H26N4/c1-5-6-7-8-13(4)18-16-15-11-14(12(2)3)19-20(15)10-9-17-16/h9-13H,5-8H2,1-4H3,(H,17,18). The number of aromatic nitrogens is 3. The lowest BCUT2D eigenvalue weighted by atomic mass is 10.1. The Morgan fingerprint density at radius 1 is 1.25 bits per heavy atom. The maximum Gasteiger partial charge on any atom is 0.152 e. The van der Waals surface area contributed by atoms with Crippen molar-refractivity contribution in [3.63, 3.8) is 0 Å². The maximum absolute atomic E-state index is 4.59. The van der Waals surface area contributed by atoms with E-state index in [0.717, 1.165) is 17.0 Å². The average molecular weight is 274 g/mol. The Hall–Kier alpha value is -1.58.